The summed E-state index contributed by atoms with van der Waals surface area (Å²) >= 11 is 4.84. The zero-order valence-corrected chi connectivity index (χ0v) is 11.4. The molecule has 86 valence electrons. The second kappa shape index (κ2) is 5.77. The van der Waals surface area contributed by atoms with Gasteiger partial charge in [-0.15, -0.1) is 12.4 Å². The standard InChI is InChI=1S/C11H9BrFNS.ClH/c12-9-3-8(4-10(13)5-9)11(14)7-1-2-15-6-7;/h1-6,11H,14H2;1H/t11-;/m0./s1. The molecule has 0 fully saturated rings. The Morgan fingerprint density at radius 1 is 1.25 bits per heavy atom. The van der Waals surface area contributed by atoms with Gasteiger partial charge in [-0.05, 0) is 46.2 Å². The molecule has 16 heavy (non-hydrogen) atoms. The average molecular weight is 323 g/mol. The molecule has 0 saturated heterocycles. The lowest BCUT2D eigenvalue weighted by Gasteiger charge is -2.10. The molecule has 1 aromatic carbocycles. The molecule has 0 spiro atoms. The van der Waals surface area contributed by atoms with Gasteiger partial charge in [-0.1, -0.05) is 15.9 Å². The Morgan fingerprint density at radius 2 is 2.00 bits per heavy atom. The van der Waals surface area contributed by atoms with Crippen molar-refractivity contribution < 1.29 is 4.39 Å². The van der Waals surface area contributed by atoms with E-state index in [2.05, 4.69) is 15.9 Å². The molecule has 2 rings (SSSR count). The minimum Gasteiger partial charge on any atom is -0.320 e. The van der Waals surface area contributed by atoms with Crippen molar-refractivity contribution in [2.24, 2.45) is 5.73 Å². The largest absolute Gasteiger partial charge is 0.320 e. The molecule has 0 bridgehead atoms. The Labute approximate surface area is 112 Å². The lowest BCUT2D eigenvalue weighted by atomic mass is 10.0. The molecule has 0 amide bonds. The van der Waals surface area contributed by atoms with Crippen molar-refractivity contribution in [1.29, 1.82) is 0 Å². The summed E-state index contributed by atoms with van der Waals surface area (Å²) in [6.45, 7) is 0. The van der Waals surface area contributed by atoms with Crippen molar-refractivity contribution >= 4 is 39.7 Å². The third-order valence-electron chi connectivity index (χ3n) is 2.15. The molecule has 0 aliphatic rings. The van der Waals surface area contributed by atoms with Gasteiger partial charge in [-0.25, -0.2) is 4.39 Å². The third-order valence-corrected chi connectivity index (χ3v) is 3.31. The first-order chi connectivity index (χ1) is 7.16. The summed E-state index contributed by atoms with van der Waals surface area (Å²) in [5.74, 6) is -0.273. The van der Waals surface area contributed by atoms with Gasteiger partial charge in [-0.2, -0.15) is 11.3 Å². The molecule has 0 unspecified atom stereocenters. The average Bonchev–Trinajstić information content (AvgIpc) is 2.67. The van der Waals surface area contributed by atoms with Crippen molar-refractivity contribution in [3.8, 4) is 0 Å². The van der Waals surface area contributed by atoms with E-state index in [1.54, 1.807) is 11.3 Å². The fourth-order valence-corrected chi connectivity index (χ4v) is 2.58. The van der Waals surface area contributed by atoms with E-state index in [0.29, 0.717) is 4.47 Å². The second-order valence-corrected chi connectivity index (χ2v) is 4.93. The second-order valence-electron chi connectivity index (χ2n) is 3.24. The lowest BCUT2D eigenvalue weighted by molar-refractivity contribution is 0.622. The molecule has 1 heterocycles. The van der Waals surface area contributed by atoms with E-state index in [0.717, 1.165) is 11.1 Å². The molecule has 1 aromatic heterocycles. The summed E-state index contributed by atoms with van der Waals surface area (Å²) in [4.78, 5) is 0. The van der Waals surface area contributed by atoms with Crippen LogP contribution in [0.25, 0.3) is 0 Å². The number of hydrogen-bond acceptors (Lipinski definition) is 2. The highest BCUT2D eigenvalue weighted by molar-refractivity contribution is 9.10. The van der Waals surface area contributed by atoms with E-state index in [1.165, 1.54) is 12.1 Å². The predicted molar refractivity (Wildman–Crippen MR) is 71.7 cm³/mol. The minimum absolute atomic E-state index is 0. The van der Waals surface area contributed by atoms with E-state index in [4.69, 9.17) is 5.73 Å². The highest BCUT2D eigenvalue weighted by Gasteiger charge is 2.10. The van der Waals surface area contributed by atoms with Gasteiger partial charge in [0.15, 0.2) is 0 Å². The van der Waals surface area contributed by atoms with E-state index in [-0.39, 0.29) is 24.3 Å². The van der Waals surface area contributed by atoms with E-state index < -0.39 is 0 Å². The van der Waals surface area contributed by atoms with Crippen LogP contribution >= 0.6 is 39.7 Å². The Balaban J connectivity index is 0.00000128. The predicted octanol–water partition coefficient (Wildman–Crippen LogP) is 4.12. The summed E-state index contributed by atoms with van der Waals surface area (Å²) in [5.41, 5.74) is 7.81. The van der Waals surface area contributed by atoms with Gasteiger partial charge in [0, 0.05) is 4.47 Å². The topological polar surface area (TPSA) is 26.0 Å². The first-order valence-electron chi connectivity index (χ1n) is 4.40. The summed E-state index contributed by atoms with van der Waals surface area (Å²) in [6, 6.07) is 6.42. The van der Waals surface area contributed by atoms with Crippen LogP contribution in [-0.2, 0) is 0 Å². The number of thiophene rings is 1. The Kier molecular flexibility index (Phi) is 4.92. The van der Waals surface area contributed by atoms with Crippen molar-refractivity contribution in [3.05, 3.63) is 56.4 Å². The van der Waals surface area contributed by atoms with E-state index >= 15 is 0 Å². The molecule has 2 aromatic rings. The summed E-state index contributed by atoms with van der Waals surface area (Å²) < 4.78 is 13.9. The summed E-state index contributed by atoms with van der Waals surface area (Å²) in [6.07, 6.45) is 0. The van der Waals surface area contributed by atoms with Crippen molar-refractivity contribution in [3.63, 3.8) is 0 Å². The fraction of sp³-hybridized carbons (Fsp3) is 0.0909. The normalized spacial score (nSPS) is 11.9. The first kappa shape index (κ1) is 13.6. The number of rotatable bonds is 2. The maximum Gasteiger partial charge on any atom is 0.124 e. The van der Waals surface area contributed by atoms with Crippen molar-refractivity contribution in [1.82, 2.24) is 0 Å². The number of halogens is 3. The molecular formula is C11H10BrClFNS. The summed E-state index contributed by atoms with van der Waals surface area (Å²) in [5, 5.41) is 3.94. The fourth-order valence-electron chi connectivity index (χ4n) is 1.40. The zero-order chi connectivity index (χ0) is 10.8. The Hall–Kier alpha value is -0.420. The van der Waals surface area contributed by atoms with Crippen LogP contribution in [0, 0.1) is 5.82 Å². The molecular weight excluding hydrogens is 313 g/mol. The van der Waals surface area contributed by atoms with Crippen LogP contribution in [0.1, 0.15) is 17.2 Å². The van der Waals surface area contributed by atoms with Gasteiger partial charge in [0.05, 0.1) is 6.04 Å². The molecule has 1 atom stereocenters. The molecule has 0 aliphatic carbocycles. The Bertz CT molecular complexity index is 441. The number of nitrogens with two attached hydrogens (primary N) is 1. The minimum atomic E-state index is -0.273. The molecule has 0 radical (unpaired) electrons. The third kappa shape index (κ3) is 3.04. The van der Waals surface area contributed by atoms with E-state index in [1.807, 2.05) is 22.9 Å². The molecule has 0 saturated carbocycles. The van der Waals surface area contributed by atoms with Crippen molar-refractivity contribution in [2.45, 2.75) is 6.04 Å². The van der Waals surface area contributed by atoms with Gasteiger partial charge in [0.2, 0.25) is 0 Å². The quantitative estimate of drug-likeness (QED) is 0.884. The van der Waals surface area contributed by atoms with Gasteiger partial charge < -0.3 is 5.73 Å². The van der Waals surface area contributed by atoms with Crippen molar-refractivity contribution in [2.75, 3.05) is 0 Å². The lowest BCUT2D eigenvalue weighted by Crippen LogP contribution is -2.11. The highest BCUT2D eigenvalue weighted by Crippen LogP contribution is 2.25. The number of hydrogen-bond donors (Lipinski definition) is 1. The smallest absolute Gasteiger partial charge is 0.124 e. The molecule has 1 nitrogen and oxygen atoms in total. The van der Waals surface area contributed by atoms with Crippen LogP contribution in [0.3, 0.4) is 0 Å². The Morgan fingerprint density at radius 3 is 2.56 bits per heavy atom. The van der Waals surface area contributed by atoms with Crippen LogP contribution < -0.4 is 5.73 Å². The van der Waals surface area contributed by atoms with Gasteiger partial charge in [-0.3, -0.25) is 0 Å². The van der Waals surface area contributed by atoms with Gasteiger partial charge in [0.1, 0.15) is 5.82 Å². The van der Waals surface area contributed by atoms with Crippen LogP contribution in [-0.4, -0.2) is 0 Å². The maximum absolute atomic E-state index is 13.1. The van der Waals surface area contributed by atoms with Crippen LogP contribution in [0.4, 0.5) is 4.39 Å². The summed E-state index contributed by atoms with van der Waals surface area (Å²) in [7, 11) is 0. The molecule has 0 aliphatic heterocycles. The SMILES string of the molecule is Cl.N[C@@H](c1ccsc1)c1cc(F)cc(Br)c1. The monoisotopic (exact) mass is 321 g/mol. The van der Waals surface area contributed by atoms with Crippen LogP contribution in [0.2, 0.25) is 0 Å². The zero-order valence-electron chi connectivity index (χ0n) is 8.19. The van der Waals surface area contributed by atoms with Gasteiger partial charge >= 0.3 is 0 Å². The molecule has 5 heteroatoms. The molecule has 2 N–H and O–H groups in total. The van der Waals surface area contributed by atoms with Crippen LogP contribution in [0.5, 0.6) is 0 Å². The maximum atomic E-state index is 13.1. The number of benzene rings is 1. The van der Waals surface area contributed by atoms with Crippen LogP contribution in [0.15, 0.2) is 39.5 Å². The van der Waals surface area contributed by atoms with Gasteiger partial charge in [0.25, 0.3) is 0 Å². The highest BCUT2D eigenvalue weighted by atomic mass is 79.9. The first-order valence-corrected chi connectivity index (χ1v) is 6.14. The van der Waals surface area contributed by atoms with E-state index in [9.17, 15) is 4.39 Å².